The largest absolute Gasteiger partial charge is 0.456 e. The molecule has 0 bridgehead atoms. The first-order valence-corrected chi connectivity index (χ1v) is 43.1. The van der Waals surface area contributed by atoms with Crippen molar-refractivity contribution in [3.05, 3.63) is 473 Å². The maximum Gasteiger partial charge on any atom is 0.136 e. The Morgan fingerprint density at radius 2 is 0.452 bits per heavy atom. The zero-order valence-corrected chi connectivity index (χ0v) is 68.6. The summed E-state index contributed by atoms with van der Waals surface area (Å²) in [6, 6.07) is 172. The predicted octanol–water partition coefficient (Wildman–Crippen LogP) is 33.6. The molecule has 0 aliphatic heterocycles. The Morgan fingerprint density at radius 3 is 0.929 bits per heavy atom. The van der Waals surface area contributed by atoms with E-state index in [1.165, 1.54) is 43.7 Å². The maximum atomic E-state index is 6.39. The van der Waals surface area contributed by atoms with E-state index in [2.05, 4.69) is 468 Å². The van der Waals surface area contributed by atoms with Crippen LogP contribution in [0.25, 0.3) is 199 Å². The number of hydrogen-bond acceptors (Lipinski definition) is 4. The molecule has 0 unspecified atom stereocenters. The summed E-state index contributed by atoms with van der Waals surface area (Å²) in [4.78, 5) is 4.78. The van der Waals surface area contributed by atoms with E-state index in [1.807, 2.05) is 24.3 Å². The Kier molecular flexibility index (Phi) is 17.8. The van der Waals surface area contributed by atoms with Crippen LogP contribution in [-0.4, -0.2) is 9.13 Å². The molecule has 0 saturated carbocycles. The van der Waals surface area contributed by atoms with E-state index in [4.69, 9.17) is 8.83 Å². The molecule has 0 aliphatic carbocycles. The number of hydrogen-bond donors (Lipinski definition) is 0. The van der Waals surface area contributed by atoms with Crippen molar-refractivity contribution in [1.29, 1.82) is 0 Å². The van der Waals surface area contributed by atoms with Crippen LogP contribution in [0.4, 0.5) is 34.1 Å². The van der Waals surface area contributed by atoms with Crippen molar-refractivity contribution in [3.63, 3.8) is 0 Å². The fourth-order valence-corrected chi connectivity index (χ4v) is 19.5. The third-order valence-corrected chi connectivity index (χ3v) is 25.4. The second-order valence-electron chi connectivity index (χ2n) is 32.5. The molecule has 24 rings (SSSR count). The highest BCUT2D eigenvalue weighted by atomic mass is 16.3. The zero-order chi connectivity index (χ0) is 83.1. The number of anilines is 6. The lowest BCUT2D eigenvalue weighted by Crippen LogP contribution is -2.11. The summed E-state index contributed by atoms with van der Waals surface area (Å²) < 4.78 is 17.6. The van der Waals surface area contributed by atoms with Crippen LogP contribution in [0.5, 0.6) is 0 Å². The molecule has 20 aromatic carbocycles. The summed E-state index contributed by atoms with van der Waals surface area (Å²) in [7, 11) is 0. The van der Waals surface area contributed by atoms with Gasteiger partial charge in [0, 0.05) is 88.2 Å². The van der Waals surface area contributed by atoms with Gasteiger partial charge in [-0.2, -0.15) is 0 Å². The quantitative estimate of drug-likeness (QED) is 0.0911. The average Bonchev–Trinajstić information content (AvgIpc) is 1.56. The molecule has 590 valence electrons. The highest BCUT2D eigenvalue weighted by Crippen LogP contribution is 2.49. The molecule has 0 N–H and O–H groups in total. The molecule has 0 saturated heterocycles. The van der Waals surface area contributed by atoms with Gasteiger partial charge in [0.2, 0.25) is 0 Å². The Morgan fingerprint density at radius 1 is 0.159 bits per heavy atom. The minimum Gasteiger partial charge on any atom is -0.456 e. The van der Waals surface area contributed by atoms with E-state index in [0.29, 0.717) is 0 Å². The van der Waals surface area contributed by atoms with Crippen LogP contribution in [0.2, 0.25) is 0 Å². The average molecular weight is 1610 g/mol. The van der Waals surface area contributed by atoms with Gasteiger partial charge in [-0.25, -0.2) is 0 Å². The molecule has 0 fully saturated rings. The van der Waals surface area contributed by atoms with Crippen LogP contribution in [0.15, 0.2) is 482 Å². The molecule has 6 heteroatoms. The normalized spacial score (nSPS) is 11.7. The molecule has 0 radical (unpaired) electrons. The Hall–Kier alpha value is -16.8. The molecule has 6 nitrogen and oxygen atoms in total. The van der Waals surface area contributed by atoms with E-state index < -0.39 is 0 Å². The SMILES string of the molecule is c1ccc(-c2ccccc2-c2ccccc2N(c2ccc(-c3ccccc3-n3c4ccccc4c4ccc(-c5ccc(-c6cccc(-c7ccc(N(c8ccc(-c9ccccc9-n9c%10ccccc%10c%10ccccc%109)cc8)c8ccc(-c9cccc%10oc%11ccccc%11c9%10)cc8)cc7)c6)cc5)cc43)cc2)c2ccc(-c3cccc4oc5ccccc5c34)cc2)cc1. The smallest absolute Gasteiger partial charge is 0.136 e. The standard InChI is InChI=1S/C120H78N4O2/c1-2-25-82(26-3-1)95-29-4-5-32-100(95)101-33-8-16-43-110(101)122(94-74-63-86(64-75-94)99-40-24-50-118-120(99)107-38-13-21-48-116(107)126-118)93-72-59-84(60-73-93)97-31-7-15-42-109(97)124-113-46-19-11-36-104(113)105-76-65-89(78-114(105)124)80-53-51-79(52-54-80)87-27-22-28-88(77-87)81-55-66-90(67-56-81)121(92-70-61-85(62-71-92)98-39-23-49-117-119(98)106-37-12-20-47-115(106)125-117)91-68-57-83(58-69-91)96-30-6-14-41-108(96)123-111-44-17-9-34-102(111)103-35-10-18-45-112(103)123/h1-78H. The first kappa shape index (κ1) is 73.1. The molecule has 0 spiro atoms. The van der Waals surface area contributed by atoms with E-state index in [0.717, 1.165) is 189 Å². The van der Waals surface area contributed by atoms with Crippen molar-refractivity contribution in [2.75, 3.05) is 9.80 Å². The summed E-state index contributed by atoms with van der Waals surface area (Å²) >= 11 is 0. The summed E-state index contributed by atoms with van der Waals surface area (Å²) in [5.74, 6) is 0. The number of para-hydroxylation sites is 8. The minimum atomic E-state index is 0.879. The van der Waals surface area contributed by atoms with E-state index in [9.17, 15) is 0 Å². The van der Waals surface area contributed by atoms with Gasteiger partial charge in [0.1, 0.15) is 22.3 Å². The molecule has 4 aromatic heterocycles. The van der Waals surface area contributed by atoms with Crippen molar-refractivity contribution >= 4 is 122 Å². The van der Waals surface area contributed by atoms with Crippen LogP contribution in [0.1, 0.15) is 0 Å². The van der Waals surface area contributed by atoms with Crippen molar-refractivity contribution in [2.45, 2.75) is 0 Å². The highest BCUT2D eigenvalue weighted by molar-refractivity contribution is 6.15. The molecule has 126 heavy (non-hydrogen) atoms. The molecule has 4 heterocycles. The first-order valence-electron chi connectivity index (χ1n) is 43.1. The first-order chi connectivity index (χ1) is 62.5. The van der Waals surface area contributed by atoms with Gasteiger partial charge in [0.25, 0.3) is 0 Å². The Balaban J connectivity index is 0.540. The molecular formula is C120H78N4O2. The monoisotopic (exact) mass is 1610 g/mol. The summed E-state index contributed by atoms with van der Waals surface area (Å²) in [6.07, 6.45) is 0. The van der Waals surface area contributed by atoms with Gasteiger partial charge < -0.3 is 27.8 Å². The van der Waals surface area contributed by atoms with Gasteiger partial charge in [0.15, 0.2) is 0 Å². The second kappa shape index (κ2) is 30.7. The second-order valence-corrected chi connectivity index (χ2v) is 32.5. The minimum absolute atomic E-state index is 0.879. The Bertz CT molecular complexity index is 8250. The fraction of sp³-hybridized carbons (Fsp3) is 0. The van der Waals surface area contributed by atoms with Crippen LogP contribution in [0.3, 0.4) is 0 Å². The van der Waals surface area contributed by atoms with Crippen molar-refractivity contribution in [2.24, 2.45) is 0 Å². The lowest BCUT2D eigenvalue weighted by Gasteiger charge is -2.29. The summed E-state index contributed by atoms with van der Waals surface area (Å²) in [5.41, 5.74) is 37.2. The topological polar surface area (TPSA) is 42.6 Å². The predicted molar refractivity (Wildman–Crippen MR) is 528 cm³/mol. The molecule has 0 aliphatic rings. The van der Waals surface area contributed by atoms with Gasteiger partial charge in [-0.05, 0) is 217 Å². The summed E-state index contributed by atoms with van der Waals surface area (Å²) in [5, 5.41) is 9.35. The van der Waals surface area contributed by atoms with Crippen molar-refractivity contribution in [3.8, 4) is 112 Å². The fourth-order valence-electron chi connectivity index (χ4n) is 19.5. The number of nitrogens with zero attached hydrogens (tertiary/aromatic N) is 4. The lowest BCUT2D eigenvalue weighted by atomic mass is 9.93. The number of aromatic nitrogens is 2. The van der Waals surface area contributed by atoms with Crippen molar-refractivity contribution < 1.29 is 8.83 Å². The lowest BCUT2D eigenvalue weighted by molar-refractivity contribution is 0.668. The van der Waals surface area contributed by atoms with Crippen LogP contribution in [-0.2, 0) is 0 Å². The number of benzene rings is 20. The number of fused-ring (bicyclic) bond motifs is 12. The maximum absolute atomic E-state index is 6.39. The summed E-state index contributed by atoms with van der Waals surface area (Å²) in [6.45, 7) is 0. The van der Waals surface area contributed by atoms with Gasteiger partial charge in [-0.1, -0.05) is 340 Å². The van der Waals surface area contributed by atoms with Crippen molar-refractivity contribution in [1.82, 2.24) is 9.13 Å². The third kappa shape index (κ3) is 12.6. The highest BCUT2D eigenvalue weighted by Gasteiger charge is 2.25. The molecule has 24 aromatic rings. The van der Waals surface area contributed by atoms with E-state index >= 15 is 0 Å². The number of rotatable bonds is 17. The van der Waals surface area contributed by atoms with Crippen LogP contribution < -0.4 is 9.80 Å². The number of furan rings is 2. The zero-order valence-electron chi connectivity index (χ0n) is 68.6. The van der Waals surface area contributed by atoms with Crippen LogP contribution >= 0.6 is 0 Å². The Labute approximate surface area is 729 Å². The van der Waals surface area contributed by atoms with E-state index in [-0.39, 0.29) is 0 Å². The van der Waals surface area contributed by atoms with E-state index in [1.54, 1.807) is 0 Å². The van der Waals surface area contributed by atoms with Crippen LogP contribution in [0, 0.1) is 0 Å². The third-order valence-electron chi connectivity index (χ3n) is 25.4. The van der Waals surface area contributed by atoms with Gasteiger partial charge in [0.05, 0.1) is 39.1 Å². The molecular weight excluding hydrogens is 1530 g/mol. The van der Waals surface area contributed by atoms with Gasteiger partial charge in [-0.15, -0.1) is 0 Å². The molecule has 0 amide bonds. The molecule has 0 atom stereocenters. The van der Waals surface area contributed by atoms with Gasteiger partial charge in [-0.3, -0.25) is 0 Å². The van der Waals surface area contributed by atoms with Gasteiger partial charge >= 0.3 is 0 Å².